The van der Waals surface area contributed by atoms with Crippen molar-refractivity contribution in [3.63, 3.8) is 0 Å². The highest BCUT2D eigenvalue weighted by Gasteiger charge is 2.48. The summed E-state index contributed by atoms with van der Waals surface area (Å²) in [7, 11) is 0. The van der Waals surface area contributed by atoms with E-state index < -0.39 is 5.41 Å². The van der Waals surface area contributed by atoms with Crippen LogP contribution >= 0.6 is 11.3 Å². The van der Waals surface area contributed by atoms with Crippen LogP contribution in [-0.4, -0.2) is 52.0 Å². The first-order chi connectivity index (χ1) is 14.6. The summed E-state index contributed by atoms with van der Waals surface area (Å²) in [5.74, 6) is 1.13. The van der Waals surface area contributed by atoms with Crippen molar-refractivity contribution >= 4 is 17.2 Å². The van der Waals surface area contributed by atoms with Crippen LogP contribution in [0.15, 0.2) is 46.3 Å². The second kappa shape index (κ2) is 7.92. The minimum atomic E-state index is -0.474. The van der Waals surface area contributed by atoms with E-state index in [1.807, 2.05) is 22.4 Å². The number of rotatable bonds is 5. The summed E-state index contributed by atoms with van der Waals surface area (Å²) in [6.07, 6.45) is 2.71. The lowest BCUT2D eigenvalue weighted by Crippen LogP contribution is -2.56. The third-order valence-corrected chi connectivity index (χ3v) is 7.11. The van der Waals surface area contributed by atoms with Gasteiger partial charge in [-0.15, -0.1) is 11.3 Å². The first-order valence-corrected chi connectivity index (χ1v) is 11.2. The standard InChI is InChI=1S/C22H23FN4O2S/c23-17-6-4-16(5-7-17)22(8-2-9-22)21(28)27-12-10-26(11-13-27)15-19-24-20(25-29-19)18-3-1-14-30-18/h1,3-7,14H,2,8-13,15H2. The molecule has 156 valence electrons. The van der Waals surface area contributed by atoms with Gasteiger partial charge < -0.3 is 9.42 Å². The molecule has 1 saturated carbocycles. The molecule has 2 fully saturated rings. The molecule has 0 spiro atoms. The second-order valence-electron chi connectivity index (χ2n) is 8.00. The third-order valence-electron chi connectivity index (χ3n) is 6.24. The van der Waals surface area contributed by atoms with E-state index in [1.165, 1.54) is 12.1 Å². The summed E-state index contributed by atoms with van der Waals surface area (Å²) in [4.78, 5) is 23.0. The number of hydrogen-bond acceptors (Lipinski definition) is 6. The van der Waals surface area contributed by atoms with Crippen LogP contribution in [-0.2, 0) is 16.8 Å². The van der Waals surface area contributed by atoms with Gasteiger partial charge in [0.2, 0.25) is 17.6 Å². The molecule has 1 aliphatic carbocycles. The predicted octanol–water partition coefficient (Wildman–Crippen LogP) is 3.70. The summed E-state index contributed by atoms with van der Waals surface area (Å²) in [6, 6.07) is 10.4. The van der Waals surface area contributed by atoms with E-state index in [1.54, 1.807) is 23.5 Å². The van der Waals surface area contributed by atoms with Gasteiger partial charge in [-0.2, -0.15) is 4.98 Å². The zero-order valence-electron chi connectivity index (χ0n) is 16.6. The van der Waals surface area contributed by atoms with Crippen LogP contribution in [0.3, 0.4) is 0 Å². The molecule has 1 aromatic carbocycles. The van der Waals surface area contributed by atoms with Crippen molar-refractivity contribution in [2.45, 2.75) is 31.2 Å². The number of piperazine rings is 1. The Morgan fingerprint density at radius 2 is 1.90 bits per heavy atom. The van der Waals surface area contributed by atoms with E-state index in [0.717, 1.165) is 42.8 Å². The number of thiophene rings is 1. The van der Waals surface area contributed by atoms with Crippen molar-refractivity contribution in [1.82, 2.24) is 19.9 Å². The topological polar surface area (TPSA) is 62.5 Å². The van der Waals surface area contributed by atoms with Crippen molar-refractivity contribution in [3.05, 3.63) is 59.0 Å². The van der Waals surface area contributed by atoms with Crippen molar-refractivity contribution in [2.24, 2.45) is 0 Å². The maximum atomic E-state index is 13.4. The number of hydrogen-bond donors (Lipinski definition) is 0. The fourth-order valence-electron chi connectivity index (χ4n) is 4.35. The van der Waals surface area contributed by atoms with E-state index >= 15 is 0 Å². The molecule has 2 aromatic heterocycles. The minimum absolute atomic E-state index is 0.179. The molecule has 3 heterocycles. The molecule has 2 aliphatic rings. The van der Waals surface area contributed by atoms with Crippen LogP contribution in [0.2, 0.25) is 0 Å². The Morgan fingerprint density at radius 1 is 1.13 bits per heavy atom. The molecule has 0 N–H and O–H groups in total. The number of aromatic nitrogens is 2. The molecule has 5 rings (SSSR count). The van der Waals surface area contributed by atoms with Crippen molar-refractivity contribution in [2.75, 3.05) is 26.2 Å². The molecule has 0 atom stereocenters. The van der Waals surface area contributed by atoms with E-state index in [0.29, 0.717) is 31.3 Å². The molecule has 1 amide bonds. The summed E-state index contributed by atoms with van der Waals surface area (Å²) in [5, 5.41) is 6.05. The minimum Gasteiger partial charge on any atom is -0.339 e. The highest BCUT2D eigenvalue weighted by atomic mass is 32.1. The Balaban J connectivity index is 1.20. The quantitative estimate of drug-likeness (QED) is 0.623. The Hall–Kier alpha value is -2.58. The molecule has 3 aromatic rings. The second-order valence-corrected chi connectivity index (χ2v) is 8.95. The van der Waals surface area contributed by atoms with Crippen molar-refractivity contribution in [3.8, 4) is 10.7 Å². The maximum absolute atomic E-state index is 13.4. The molecule has 1 saturated heterocycles. The number of halogens is 1. The molecule has 6 nitrogen and oxygen atoms in total. The van der Waals surface area contributed by atoms with Gasteiger partial charge in [0.15, 0.2) is 0 Å². The lowest BCUT2D eigenvalue weighted by Gasteiger charge is -2.46. The number of carbonyl (C=O) groups is 1. The Morgan fingerprint density at radius 3 is 2.53 bits per heavy atom. The van der Waals surface area contributed by atoms with Crippen LogP contribution < -0.4 is 0 Å². The van der Waals surface area contributed by atoms with Gasteiger partial charge in [-0.05, 0) is 42.0 Å². The molecule has 0 bridgehead atoms. The lowest BCUT2D eigenvalue weighted by molar-refractivity contribution is -0.142. The molecule has 1 aliphatic heterocycles. The average molecular weight is 427 g/mol. The van der Waals surface area contributed by atoms with E-state index in [4.69, 9.17) is 4.52 Å². The van der Waals surface area contributed by atoms with Gasteiger partial charge in [0.25, 0.3) is 0 Å². The van der Waals surface area contributed by atoms with E-state index in [9.17, 15) is 9.18 Å². The highest BCUT2D eigenvalue weighted by Crippen LogP contribution is 2.45. The lowest BCUT2D eigenvalue weighted by atomic mass is 9.63. The molecular weight excluding hydrogens is 403 g/mol. The van der Waals surface area contributed by atoms with Crippen LogP contribution in [0, 0.1) is 5.82 Å². The van der Waals surface area contributed by atoms with E-state index in [-0.39, 0.29) is 11.7 Å². The summed E-state index contributed by atoms with van der Waals surface area (Å²) in [5.41, 5.74) is 0.465. The van der Waals surface area contributed by atoms with Crippen LogP contribution in [0.25, 0.3) is 10.7 Å². The molecule has 0 unspecified atom stereocenters. The summed E-state index contributed by atoms with van der Waals surface area (Å²) >= 11 is 1.58. The Labute approximate surface area is 178 Å². The number of nitrogens with zero attached hydrogens (tertiary/aromatic N) is 4. The normalized spacial score (nSPS) is 18.9. The van der Waals surface area contributed by atoms with Crippen LogP contribution in [0.1, 0.15) is 30.7 Å². The zero-order valence-corrected chi connectivity index (χ0v) is 17.4. The van der Waals surface area contributed by atoms with Gasteiger partial charge in [0.1, 0.15) is 5.82 Å². The number of carbonyl (C=O) groups excluding carboxylic acids is 1. The van der Waals surface area contributed by atoms with Gasteiger partial charge in [0, 0.05) is 26.2 Å². The van der Waals surface area contributed by atoms with E-state index in [2.05, 4.69) is 15.0 Å². The van der Waals surface area contributed by atoms with Gasteiger partial charge >= 0.3 is 0 Å². The summed E-state index contributed by atoms with van der Waals surface area (Å²) < 4.78 is 18.7. The maximum Gasteiger partial charge on any atom is 0.241 e. The van der Waals surface area contributed by atoms with Gasteiger partial charge in [0.05, 0.1) is 16.8 Å². The van der Waals surface area contributed by atoms with Crippen molar-refractivity contribution in [1.29, 1.82) is 0 Å². The molecule has 0 radical (unpaired) electrons. The summed E-state index contributed by atoms with van der Waals surface area (Å²) in [6.45, 7) is 3.47. The highest BCUT2D eigenvalue weighted by molar-refractivity contribution is 7.13. The SMILES string of the molecule is O=C(N1CCN(Cc2nc(-c3cccs3)no2)CC1)C1(c2ccc(F)cc2)CCC1. The van der Waals surface area contributed by atoms with Gasteiger partial charge in [-0.25, -0.2) is 4.39 Å². The smallest absolute Gasteiger partial charge is 0.241 e. The molecule has 30 heavy (non-hydrogen) atoms. The monoisotopic (exact) mass is 426 g/mol. The molecular formula is C22H23FN4O2S. The third kappa shape index (κ3) is 3.54. The first-order valence-electron chi connectivity index (χ1n) is 10.3. The number of amides is 1. The fourth-order valence-corrected chi connectivity index (χ4v) is 5.00. The predicted molar refractivity (Wildman–Crippen MR) is 111 cm³/mol. The fraction of sp³-hybridized carbons (Fsp3) is 0.409. The zero-order chi connectivity index (χ0) is 20.6. The number of benzene rings is 1. The average Bonchev–Trinajstić information content (AvgIpc) is 3.41. The van der Waals surface area contributed by atoms with Crippen LogP contribution in [0.5, 0.6) is 0 Å². The largest absolute Gasteiger partial charge is 0.339 e. The molecule has 8 heteroatoms. The first kappa shape index (κ1) is 19.4. The van der Waals surface area contributed by atoms with Gasteiger partial charge in [-0.1, -0.05) is 29.8 Å². The van der Waals surface area contributed by atoms with Crippen molar-refractivity contribution < 1.29 is 13.7 Å². The Kier molecular flexibility index (Phi) is 5.12. The van der Waals surface area contributed by atoms with Gasteiger partial charge in [-0.3, -0.25) is 9.69 Å². The van der Waals surface area contributed by atoms with Crippen LogP contribution in [0.4, 0.5) is 4.39 Å². The Bertz CT molecular complexity index is 1010.